The lowest BCUT2D eigenvalue weighted by Crippen LogP contribution is -2.42. The lowest BCUT2D eigenvalue weighted by Gasteiger charge is -2.23. The van der Waals surface area contributed by atoms with E-state index < -0.39 is 17.8 Å². The molecule has 2 aromatic rings. The van der Waals surface area contributed by atoms with Crippen LogP contribution in [0.1, 0.15) is 25.8 Å². The molecule has 2 saturated heterocycles. The number of carbonyl (C=O) groups excluding carboxylic acids is 2. The predicted octanol–water partition coefficient (Wildman–Crippen LogP) is 2.59. The van der Waals surface area contributed by atoms with Gasteiger partial charge in [0.25, 0.3) is 0 Å². The smallest absolute Gasteiger partial charge is 0.326 e. The molecule has 178 valence electrons. The van der Waals surface area contributed by atoms with Crippen molar-refractivity contribution in [1.29, 1.82) is 0 Å². The molecule has 1 unspecified atom stereocenters. The molecular weight excluding hydrogens is 431 g/mol. The molecule has 4 rings (SSSR count). The van der Waals surface area contributed by atoms with Gasteiger partial charge in [0.1, 0.15) is 11.9 Å². The molecule has 0 radical (unpaired) electrons. The number of nitrogens with zero attached hydrogens (tertiary/aromatic N) is 1. The topological polar surface area (TPSA) is 119 Å². The average molecular weight is 461 g/mol. The standard InChI is InChI=1S/C21H20FNO5.C2H6.CH3NO/c22-17-7-5-16(6-8-17)15-3-1-14(2-4-15)11-19(24)23-13-21(27-9-10-28-21)12-18(23)20(25)26;1-2;2-1-3/h1-8,18H,9-13H2,(H,25,26);1-2H3;1H,(H2,2,3). The fourth-order valence-electron chi connectivity index (χ4n) is 3.76. The van der Waals surface area contributed by atoms with E-state index in [4.69, 9.17) is 14.3 Å². The lowest BCUT2D eigenvalue weighted by atomic mass is 10.0. The fraction of sp³-hybridized carbons (Fsp3) is 0.375. The van der Waals surface area contributed by atoms with Gasteiger partial charge in [-0.15, -0.1) is 0 Å². The minimum Gasteiger partial charge on any atom is -0.480 e. The van der Waals surface area contributed by atoms with E-state index in [1.54, 1.807) is 12.1 Å². The van der Waals surface area contributed by atoms with Crippen molar-refractivity contribution in [3.63, 3.8) is 0 Å². The maximum atomic E-state index is 13.1. The number of carbonyl (C=O) groups is 3. The number of nitrogens with two attached hydrogens (primary N) is 1. The summed E-state index contributed by atoms with van der Waals surface area (Å²) in [5.41, 5.74) is 6.73. The SMILES string of the molecule is CC.NC=O.O=C(O)C1CC2(CN1C(=O)Cc1ccc(-c3ccc(F)cc3)cc1)OCCO2. The van der Waals surface area contributed by atoms with E-state index in [1.165, 1.54) is 17.0 Å². The Morgan fingerprint density at radius 1 is 1.09 bits per heavy atom. The van der Waals surface area contributed by atoms with Gasteiger partial charge in [-0.25, -0.2) is 9.18 Å². The number of aliphatic carboxylic acids is 1. The van der Waals surface area contributed by atoms with Crippen LogP contribution in [0.25, 0.3) is 11.1 Å². The Morgan fingerprint density at radius 2 is 1.58 bits per heavy atom. The number of carboxylic acid groups (broad SMARTS) is 1. The molecular formula is C24H29FN2O6. The van der Waals surface area contributed by atoms with Gasteiger partial charge in [-0.1, -0.05) is 50.2 Å². The van der Waals surface area contributed by atoms with Crippen molar-refractivity contribution < 1.29 is 33.4 Å². The van der Waals surface area contributed by atoms with Crippen molar-refractivity contribution in [2.24, 2.45) is 5.73 Å². The highest BCUT2D eigenvalue weighted by atomic mass is 19.1. The highest BCUT2D eigenvalue weighted by molar-refractivity contribution is 5.86. The number of carboxylic acids is 1. The molecule has 0 saturated carbocycles. The van der Waals surface area contributed by atoms with Gasteiger partial charge in [-0.2, -0.15) is 0 Å². The van der Waals surface area contributed by atoms with Gasteiger partial charge in [0.15, 0.2) is 5.79 Å². The Balaban J connectivity index is 0.000000714. The van der Waals surface area contributed by atoms with Crippen molar-refractivity contribution in [3.05, 3.63) is 59.9 Å². The number of likely N-dealkylation sites (tertiary alicyclic amines) is 1. The third-order valence-corrected chi connectivity index (χ3v) is 5.20. The largest absolute Gasteiger partial charge is 0.480 e. The van der Waals surface area contributed by atoms with Crippen LogP contribution in [0.4, 0.5) is 4.39 Å². The van der Waals surface area contributed by atoms with Gasteiger partial charge < -0.3 is 25.2 Å². The highest BCUT2D eigenvalue weighted by Gasteiger charge is 2.52. The van der Waals surface area contributed by atoms with Gasteiger partial charge in [0, 0.05) is 6.42 Å². The number of hydrogen-bond donors (Lipinski definition) is 2. The predicted molar refractivity (Wildman–Crippen MR) is 120 cm³/mol. The maximum Gasteiger partial charge on any atom is 0.326 e. The molecule has 1 atom stereocenters. The van der Waals surface area contributed by atoms with Gasteiger partial charge in [0.05, 0.1) is 26.2 Å². The van der Waals surface area contributed by atoms with Crippen LogP contribution in [0, 0.1) is 5.82 Å². The highest BCUT2D eigenvalue weighted by Crippen LogP contribution is 2.35. The van der Waals surface area contributed by atoms with E-state index >= 15 is 0 Å². The Labute approximate surface area is 192 Å². The molecule has 2 aliphatic rings. The van der Waals surface area contributed by atoms with E-state index in [9.17, 15) is 19.1 Å². The van der Waals surface area contributed by atoms with Crippen molar-refractivity contribution >= 4 is 18.3 Å². The molecule has 3 N–H and O–H groups in total. The second-order valence-corrected chi connectivity index (χ2v) is 7.20. The van der Waals surface area contributed by atoms with E-state index in [1.807, 2.05) is 38.1 Å². The third kappa shape index (κ3) is 6.59. The fourth-order valence-corrected chi connectivity index (χ4v) is 3.76. The summed E-state index contributed by atoms with van der Waals surface area (Å²) in [7, 11) is 0. The summed E-state index contributed by atoms with van der Waals surface area (Å²) >= 11 is 0. The van der Waals surface area contributed by atoms with Gasteiger partial charge >= 0.3 is 5.97 Å². The molecule has 2 fully saturated rings. The van der Waals surface area contributed by atoms with Crippen LogP contribution >= 0.6 is 0 Å². The summed E-state index contributed by atoms with van der Waals surface area (Å²) < 4.78 is 24.2. The van der Waals surface area contributed by atoms with Gasteiger partial charge in [-0.05, 0) is 28.8 Å². The Kier molecular flexibility index (Phi) is 9.50. The van der Waals surface area contributed by atoms with E-state index in [2.05, 4.69) is 5.73 Å². The first-order valence-electron chi connectivity index (χ1n) is 10.7. The van der Waals surface area contributed by atoms with E-state index in [-0.39, 0.29) is 37.5 Å². The van der Waals surface area contributed by atoms with Gasteiger partial charge in [0.2, 0.25) is 12.3 Å². The number of halogens is 1. The first-order chi connectivity index (χ1) is 15.9. The zero-order chi connectivity index (χ0) is 24.4. The minimum absolute atomic E-state index is 0.0869. The van der Waals surface area contributed by atoms with Crippen molar-refractivity contribution in [2.75, 3.05) is 19.8 Å². The molecule has 2 heterocycles. The number of hydrogen-bond acceptors (Lipinski definition) is 5. The molecule has 2 amide bonds. The van der Waals surface area contributed by atoms with Crippen LogP contribution in [0.2, 0.25) is 0 Å². The van der Waals surface area contributed by atoms with E-state index in [0.29, 0.717) is 13.2 Å². The molecule has 8 nitrogen and oxygen atoms in total. The first-order valence-corrected chi connectivity index (χ1v) is 10.7. The van der Waals surface area contributed by atoms with Crippen molar-refractivity contribution in [1.82, 2.24) is 4.90 Å². The molecule has 0 aliphatic carbocycles. The maximum absolute atomic E-state index is 13.1. The molecule has 9 heteroatoms. The van der Waals surface area contributed by atoms with Crippen LogP contribution in [-0.4, -0.2) is 59.9 Å². The molecule has 1 spiro atoms. The van der Waals surface area contributed by atoms with Crippen molar-refractivity contribution in [3.8, 4) is 11.1 Å². The Bertz CT molecular complexity index is 927. The summed E-state index contributed by atoms with van der Waals surface area (Å²) in [5, 5.41) is 9.49. The third-order valence-electron chi connectivity index (χ3n) is 5.20. The summed E-state index contributed by atoms with van der Waals surface area (Å²) in [6.07, 6.45) is 0.473. The molecule has 33 heavy (non-hydrogen) atoms. The van der Waals surface area contributed by atoms with Crippen LogP contribution in [0.5, 0.6) is 0 Å². The van der Waals surface area contributed by atoms with Crippen LogP contribution in [0.15, 0.2) is 48.5 Å². The van der Waals surface area contributed by atoms with Gasteiger partial charge in [-0.3, -0.25) is 9.59 Å². The zero-order valence-corrected chi connectivity index (χ0v) is 18.7. The monoisotopic (exact) mass is 460 g/mol. The number of ether oxygens (including phenoxy) is 2. The summed E-state index contributed by atoms with van der Waals surface area (Å²) in [5.74, 6) is -2.63. The van der Waals surface area contributed by atoms with Crippen LogP contribution in [0.3, 0.4) is 0 Å². The Morgan fingerprint density at radius 3 is 2.06 bits per heavy atom. The minimum atomic E-state index is -1.06. The van der Waals surface area contributed by atoms with Crippen LogP contribution < -0.4 is 5.73 Å². The molecule has 2 aliphatic heterocycles. The summed E-state index contributed by atoms with van der Waals surface area (Å²) in [4.78, 5) is 34.3. The average Bonchev–Trinajstić information content (AvgIpc) is 3.44. The first kappa shape index (κ1) is 26.0. The van der Waals surface area contributed by atoms with E-state index in [0.717, 1.165) is 16.7 Å². The Hall–Kier alpha value is -3.30. The quantitative estimate of drug-likeness (QED) is 0.677. The number of primary amides is 1. The molecule has 2 aromatic carbocycles. The van der Waals surface area contributed by atoms with Crippen LogP contribution in [-0.2, 0) is 30.3 Å². The second-order valence-electron chi connectivity index (χ2n) is 7.20. The zero-order valence-electron chi connectivity index (χ0n) is 18.7. The summed E-state index contributed by atoms with van der Waals surface area (Å²) in [6.45, 7) is 4.93. The summed E-state index contributed by atoms with van der Waals surface area (Å²) in [6, 6.07) is 12.6. The second kappa shape index (κ2) is 12.1. The molecule has 0 aromatic heterocycles. The lowest BCUT2D eigenvalue weighted by molar-refractivity contribution is -0.152. The normalized spacial score (nSPS) is 18.0. The number of rotatable bonds is 4. The number of benzene rings is 2. The molecule has 0 bridgehead atoms. The number of amides is 2. The van der Waals surface area contributed by atoms with Crippen molar-refractivity contribution in [2.45, 2.75) is 38.5 Å².